The van der Waals surface area contributed by atoms with Crippen LogP contribution in [0.2, 0.25) is 0 Å². The summed E-state index contributed by atoms with van der Waals surface area (Å²) in [5, 5.41) is 10.6. The van der Waals surface area contributed by atoms with E-state index in [1.54, 1.807) is 19.6 Å². The smallest absolute Gasteiger partial charge is 0.191 e. The Balaban J connectivity index is 0.00000243. The molecule has 3 rings (SSSR count). The zero-order valence-electron chi connectivity index (χ0n) is 15.1. The summed E-state index contributed by atoms with van der Waals surface area (Å²) in [6, 6.07) is 8.29. The van der Waals surface area contributed by atoms with E-state index in [1.165, 1.54) is 0 Å². The Kier molecular flexibility index (Phi) is 7.19. The summed E-state index contributed by atoms with van der Waals surface area (Å²) in [4.78, 5) is 8.35. The lowest BCUT2D eigenvalue weighted by atomic mass is 10.2. The molecule has 0 amide bonds. The minimum Gasteiger partial charge on any atom is -0.361 e. The zero-order valence-corrected chi connectivity index (χ0v) is 17.4. The van der Waals surface area contributed by atoms with E-state index in [1.807, 2.05) is 30.7 Å². The first-order valence-corrected chi connectivity index (χ1v) is 8.11. The molecule has 0 bridgehead atoms. The molecule has 0 spiro atoms. The number of imidazole rings is 1. The van der Waals surface area contributed by atoms with E-state index in [4.69, 9.17) is 4.52 Å². The number of nitrogens with zero attached hydrogens (tertiary/aromatic N) is 4. The van der Waals surface area contributed by atoms with Crippen LogP contribution in [0.25, 0.3) is 5.69 Å². The fourth-order valence-corrected chi connectivity index (χ4v) is 2.57. The molecule has 0 atom stereocenters. The van der Waals surface area contributed by atoms with Crippen LogP contribution in [0.5, 0.6) is 0 Å². The van der Waals surface area contributed by atoms with Crippen molar-refractivity contribution in [2.75, 3.05) is 7.05 Å². The van der Waals surface area contributed by atoms with E-state index >= 15 is 0 Å². The van der Waals surface area contributed by atoms with Gasteiger partial charge in [-0.15, -0.1) is 24.0 Å². The summed E-state index contributed by atoms with van der Waals surface area (Å²) in [5.74, 6) is 1.56. The molecule has 0 radical (unpaired) electrons. The Labute approximate surface area is 169 Å². The Morgan fingerprint density at radius 3 is 2.69 bits per heavy atom. The number of aryl methyl sites for hydroxylation is 2. The first-order valence-electron chi connectivity index (χ1n) is 8.11. The Bertz CT molecular complexity index is 837. The highest BCUT2D eigenvalue weighted by atomic mass is 127. The maximum Gasteiger partial charge on any atom is 0.191 e. The first kappa shape index (κ1) is 20.0. The number of nitrogens with one attached hydrogen (secondary N) is 2. The van der Waals surface area contributed by atoms with E-state index in [9.17, 15) is 0 Å². The number of benzene rings is 1. The number of halogens is 1. The third-order valence-corrected chi connectivity index (χ3v) is 4.01. The highest BCUT2D eigenvalue weighted by Gasteiger charge is 2.09. The summed E-state index contributed by atoms with van der Waals surface area (Å²) in [6.07, 6.45) is 5.48. The van der Waals surface area contributed by atoms with Gasteiger partial charge in [0.1, 0.15) is 5.76 Å². The zero-order chi connectivity index (χ0) is 17.6. The van der Waals surface area contributed by atoms with Crippen LogP contribution < -0.4 is 10.6 Å². The molecule has 0 aliphatic heterocycles. The maximum absolute atomic E-state index is 5.18. The molecule has 1 aromatic carbocycles. The SMILES string of the molecule is CN=C(NCc1cccc(-n2ccnc2)c1)NCc1c(C)noc1C.I. The second-order valence-electron chi connectivity index (χ2n) is 5.72. The Morgan fingerprint density at radius 1 is 1.23 bits per heavy atom. The molecule has 0 aliphatic rings. The van der Waals surface area contributed by atoms with Crippen molar-refractivity contribution >= 4 is 29.9 Å². The Hall–Kier alpha value is -2.36. The minimum atomic E-state index is 0. The van der Waals surface area contributed by atoms with Crippen LogP contribution in [0.4, 0.5) is 0 Å². The van der Waals surface area contributed by atoms with E-state index in [2.05, 4.69) is 44.0 Å². The molecule has 7 nitrogen and oxygen atoms in total. The van der Waals surface area contributed by atoms with Gasteiger partial charge in [0, 0.05) is 43.8 Å². The molecule has 2 N–H and O–H groups in total. The fraction of sp³-hybridized carbons (Fsp3) is 0.278. The van der Waals surface area contributed by atoms with E-state index in [-0.39, 0.29) is 24.0 Å². The van der Waals surface area contributed by atoms with Crippen LogP contribution in [-0.2, 0) is 13.1 Å². The van der Waals surface area contributed by atoms with Gasteiger partial charge in [-0.1, -0.05) is 17.3 Å². The topological polar surface area (TPSA) is 80.3 Å². The van der Waals surface area contributed by atoms with Gasteiger partial charge >= 0.3 is 0 Å². The molecule has 2 aromatic heterocycles. The summed E-state index contributed by atoms with van der Waals surface area (Å²) < 4.78 is 7.16. The van der Waals surface area contributed by atoms with Gasteiger partial charge in [-0.3, -0.25) is 4.99 Å². The van der Waals surface area contributed by atoms with Crippen molar-refractivity contribution in [3.63, 3.8) is 0 Å². The van der Waals surface area contributed by atoms with Gasteiger partial charge in [0.15, 0.2) is 5.96 Å². The van der Waals surface area contributed by atoms with Crippen molar-refractivity contribution in [1.82, 2.24) is 25.3 Å². The lowest BCUT2D eigenvalue weighted by molar-refractivity contribution is 0.392. The van der Waals surface area contributed by atoms with Gasteiger partial charge in [-0.05, 0) is 31.5 Å². The van der Waals surface area contributed by atoms with Crippen LogP contribution in [0.1, 0.15) is 22.6 Å². The molecule has 26 heavy (non-hydrogen) atoms. The average molecular weight is 466 g/mol. The molecular weight excluding hydrogens is 443 g/mol. The average Bonchev–Trinajstić information content (AvgIpc) is 3.27. The predicted molar refractivity (Wildman–Crippen MR) is 112 cm³/mol. The largest absolute Gasteiger partial charge is 0.361 e. The molecule has 0 aliphatic carbocycles. The van der Waals surface area contributed by atoms with Crippen molar-refractivity contribution in [1.29, 1.82) is 0 Å². The molecule has 3 aromatic rings. The second kappa shape index (κ2) is 9.37. The first-order chi connectivity index (χ1) is 12.2. The van der Waals surface area contributed by atoms with Crippen LogP contribution in [-0.4, -0.2) is 27.7 Å². The molecule has 138 valence electrons. The molecule has 8 heteroatoms. The number of hydrogen-bond acceptors (Lipinski definition) is 4. The van der Waals surface area contributed by atoms with Crippen LogP contribution in [0, 0.1) is 13.8 Å². The summed E-state index contributed by atoms with van der Waals surface area (Å²) in [5.41, 5.74) is 4.19. The number of aromatic nitrogens is 3. The second-order valence-corrected chi connectivity index (χ2v) is 5.72. The molecule has 0 saturated carbocycles. The van der Waals surface area contributed by atoms with Crippen molar-refractivity contribution in [2.45, 2.75) is 26.9 Å². The van der Waals surface area contributed by atoms with Crippen molar-refractivity contribution in [3.8, 4) is 5.69 Å². The van der Waals surface area contributed by atoms with E-state index in [0.717, 1.165) is 34.2 Å². The minimum absolute atomic E-state index is 0. The molecule has 0 fully saturated rings. The van der Waals surface area contributed by atoms with Crippen molar-refractivity contribution < 1.29 is 4.52 Å². The molecular formula is C18H23IN6O. The third kappa shape index (κ3) is 4.84. The van der Waals surface area contributed by atoms with Gasteiger partial charge in [0.25, 0.3) is 0 Å². The quantitative estimate of drug-likeness (QED) is 0.344. The van der Waals surface area contributed by atoms with E-state index in [0.29, 0.717) is 13.1 Å². The van der Waals surface area contributed by atoms with Gasteiger partial charge in [-0.2, -0.15) is 0 Å². The normalized spacial score (nSPS) is 11.1. The van der Waals surface area contributed by atoms with Gasteiger partial charge in [0.05, 0.1) is 12.0 Å². The highest BCUT2D eigenvalue weighted by Crippen LogP contribution is 2.12. The number of guanidine groups is 1. The van der Waals surface area contributed by atoms with Crippen molar-refractivity contribution in [2.24, 2.45) is 4.99 Å². The lowest BCUT2D eigenvalue weighted by Gasteiger charge is -2.12. The van der Waals surface area contributed by atoms with Crippen LogP contribution >= 0.6 is 24.0 Å². The number of hydrogen-bond donors (Lipinski definition) is 2. The molecule has 2 heterocycles. The van der Waals surface area contributed by atoms with Crippen LogP contribution in [0.3, 0.4) is 0 Å². The van der Waals surface area contributed by atoms with Gasteiger partial charge < -0.3 is 19.7 Å². The van der Waals surface area contributed by atoms with Gasteiger partial charge in [0.2, 0.25) is 0 Å². The number of aliphatic imine (C=N–C) groups is 1. The summed E-state index contributed by atoms with van der Waals surface area (Å²) in [6.45, 7) is 5.14. The summed E-state index contributed by atoms with van der Waals surface area (Å²) in [7, 11) is 1.75. The van der Waals surface area contributed by atoms with Crippen molar-refractivity contribution in [3.05, 3.63) is 65.6 Å². The maximum atomic E-state index is 5.18. The summed E-state index contributed by atoms with van der Waals surface area (Å²) >= 11 is 0. The highest BCUT2D eigenvalue weighted by molar-refractivity contribution is 14.0. The molecule has 0 unspecified atom stereocenters. The predicted octanol–water partition coefficient (Wildman–Crippen LogP) is 2.96. The third-order valence-electron chi connectivity index (χ3n) is 4.01. The van der Waals surface area contributed by atoms with Gasteiger partial charge in [-0.25, -0.2) is 4.98 Å². The number of rotatable bonds is 5. The lowest BCUT2D eigenvalue weighted by Crippen LogP contribution is -2.36. The monoisotopic (exact) mass is 466 g/mol. The standard InChI is InChI=1S/C18H22N6O.HI/c1-13-17(14(2)25-23-13)11-22-18(19-3)21-10-15-5-4-6-16(9-15)24-8-7-20-12-24;/h4-9,12H,10-11H2,1-3H3,(H2,19,21,22);1H. The fourth-order valence-electron chi connectivity index (χ4n) is 2.57. The Morgan fingerprint density at radius 2 is 2.04 bits per heavy atom. The van der Waals surface area contributed by atoms with Crippen LogP contribution in [0.15, 0.2) is 52.5 Å². The molecule has 0 saturated heterocycles. The van der Waals surface area contributed by atoms with E-state index < -0.39 is 0 Å².